The molecule has 0 aliphatic rings. The third-order valence-corrected chi connectivity index (χ3v) is 5.59. The zero-order chi connectivity index (χ0) is 14.8. The molecule has 0 spiro atoms. The number of nitriles is 1. The molecule has 0 unspecified atom stereocenters. The first-order valence-electron chi connectivity index (χ1n) is 5.19. The van der Waals surface area contributed by atoms with Gasteiger partial charge in [-0.25, -0.2) is 8.42 Å². The van der Waals surface area contributed by atoms with Gasteiger partial charge < -0.3 is 0 Å². The fourth-order valence-electron chi connectivity index (χ4n) is 1.16. The Labute approximate surface area is 115 Å². The number of rotatable bonds is 3. The highest BCUT2D eigenvalue weighted by molar-refractivity contribution is 7.97. The zero-order valence-corrected chi connectivity index (χ0v) is 12.2. The number of hydrogen-bond donors (Lipinski definition) is 0. The van der Waals surface area contributed by atoms with Crippen LogP contribution in [0.25, 0.3) is 6.08 Å². The Balaban J connectivity index is 3.28. The average molecular weight is 300 g/mol. The van der Waals surface area contributed by atoms with Crippen molar-refractivity contribution in [1.29, 1.82) is 5.26 Å². The van der Waals surface area contributed by atoms with Gasteiger partial charge in [0.1, 0.15) is 11.0 Å². The number of hydrogen-bond acceptors (Lipinski definition) is 6. The fraction of sp³-hybridized carbons (Fsp3) is 0.364. The number of thiophene rings is 1. The lowest BCUT2D eigenvalue weighted by Crippen LogP contribution is -2.28. The summed E-state index contributed by atoms with van der Waals surface area (Å²) in [6, 6.07) is 2.88. The minimum Gasteiger partial charge on any atom is -0.258 e. The quantitative estimate of drug-likeness (QED) is 0.485. The molecule has 0 aliphatic carbocycles. The maximum atomic E-state index is 12.1. The SMILES string of the molecule is CC(C)(C)S(=O)(=O)/C(C#N)=C/c1csc([N+](=O)[O-])c1. The predicted octanol–water partition coefficient (Wildman–Crippen LogP) is 2.73. The summed E-state index contributed by atoms with van der Waals surface area (Å²) in [5, 5.41) is 20.8. The van der Waals surface area contributed by atoms with E-state index >= 15 is 0 Å². The summed E-state index contributed by atoms with van der Waals surface area (Å²) >= 11 is 0.880. The number of nitro groups is 1. The second-order valence-electron chi connectivity index (χ2n) is 4.71. The lowest BCUT2D eigenvalue weighted by molar-refractivity contribution is -0.380. The summed E-state index contributed by atoms with van der Waals surface area (Å²) in [7, 11) is -3.76. The molecule has 1 aromatic heterocycles. The van der Waals surface area contributed by atoms with Crippen LogP contribution in [0.5, 0.6) is 0 Å². The van der Waals surface area contributed by atoms with E-state index in [1.54, 1.807) is 6.07 Å². The van der Waals surface area contributed by atoms with Gasteiger partial charge in [-0.3, -0.25) is 10.1 Å². The molecule has 1 rings (SSSR count). The van der Waals surface area contributed by atoms with Gasteiger partial charge in [-0.05, 0) is 32.4 Å². The average Bonchev–Trinajstić information content (AvgIpc) is 2.72. The van der Waals surface area contributed by atoms with E-state index in [9.17, 15) is 18.5 Å². The standard InChI is InChI=1S/C11H12N2O4S2/c1-11(2,3)19(16,17)9(6-12)4-8-5-10(13(14)15)18-7-8/h4-5,7H,1-3H3/b9-4+. The van der Waals surface area contributed by atoms with Gasteiger partial charge in [-0.2, -0.15) is 5.26 Å². The van der Waals surface area contributed by atoms with Crippen LogP contribution >= 0.6 is 11.3 Å². The third kappa shape index (κ3) is 3.19. The lowest BCUT2D eigenvalue weighted by atomic mass is 10.3. The van der Waals surface area contributed by atoms with Gasteiger partial charge >= 0.3 is 5.00 Å². The summed E-state index contributed by atoms with van der Waals surface area (Å²) in [5.41, 5.74) is 0.334. The molecule has 0 bridgehead atoms. The van der Waals surface area contributed by atoms with Crippen LogP contribution in [0.15, 0.2) is 16.4 Å². The summed E-state index contributed by atoms with van der Waals surface area (Å²) in [5.74, 6) is 0. The third-order valence-electron chi connectivity index (χ3n) is 2.29. The molecule has 6 nitrogen and oxygen atoms in total. The Morgan fingerprint density at radius 3 is 2.47 bits per heavy atom. The molecule has 1 heterocycles. The molecular weight excluding hydrogens is 288 g/mol. The summed E-state index contributed by atoms with van der Waals surface area (Å²) < 4.78 is 23.1. The summed E-state index contributed by atoms with van der Waals surface area (Å²) in [6.45, 7) is 4.47. The Morgan fingerprint density at radius 1 is 1.53 bits per heavy atom. The van der Waals surface area contributed by atoms with Gasteiger partial charge in [0.25, 0.3) is 0 Å². The van der Waals surface area contributed by atoms with Crippen molar-refractivity contribution in [2.75, 3.05) is 0 Å². The molecule has 0 N–H and O–H groups in total. The smallest absolute Gasteiger partial charge is 0.258 e. The Kier molecular flexibility index (Phi) is 4.12. The minimum atomic E-state index is -3.76. The molecule has 0 saturated heterocycles. The van der Waals surface area contributed by atoms with E-state index in [4.69, 9.17) is 5.26 Å². The van der Waals surface area contributed by atoms with Crippen LogP contribution in [0.3, 0.4) is 0 Å². The first-order valence-corrected chi connectivity index (χ1v) is 7.55. The van der Waals surface area contributed by atoms with Crippen molar-refractivity contribution < 1.29 is 13.3 Å². The second kappa shape index (κ2) is 5.11. The van der Waals surface area contributed by atoms with Crippen LogP contribution in [0.2, 0.25) is 0 Å². The summed E-state index contributed by atoms with van der Waals surface area (Å²) in [4.78, 5) is 9.58. The number of sulfone groups is 1. The zero-order valence-electron chi connectivity index (χ0n) is 10.6. The molecule has 0 amide bonds. The maximum Gasteiger partial charge on any atom is 0.324 e. The molecule has 0 aliphatic heterocycles. The fourth-order valence-corrected chi connectivity index (χ4v) is 2.92. The molecule has 0 atom stereocenters. The molecule has 0 radical (unpaired) electrons. The molecule has 19 heavy (non-hydrogen) atoms. The number of allylic oxidation sites excluding steroid dienone is 1. The normalized spacial score (nSPS) is 13.1. The van der Waals surface area contributed by atoms with Gasteiger partial charge in [-0.15, -0.1) is 0 Å². The van der Waals surface area contributed by atoms with Crippen molar-refractivity contribution in [1.82, 2.24) is 0 Å². The highest BCUT2D eigenvalue weighted by Gasteiger charge is 2.33. The van der Waals surface area contributed by atoms with E-state index in [1.807, 2.05) is 0 Å². The van der Waals surface area contributed by atoms with Crippen LogP contribution in [0, 0.1) is 21.4 Å². The first-order chi connectivity index (χ1) is 8.59. The van der Waals surface area contributed by atoms with Gasteiger partial charge in [0.15, 0.2) is 9.84 Å². The summed E-state index contributed by atoms with van der Waals surface area (Å²) in [6.07, 6.45) is 1.16. The maximum absolute atomic E-state index is 12.1. The van der Waals surface area contributed by atoms with Crippen LogP contribution < -0.4 is 0 Å². The molecule has 1 aromatic rings. The molecule has 8 heteroatoms. The monoisotopic (exact) mass is 300 g/mol. The van der Waals surface area contributed by atoms with Crippen molar-refractivity contribution in [2.24, 2.45) is 0 Å². The molecule has 102 valence electrons. The van der Waals surface area contributed by atoms with Crippen molar-refractivity contribution in [2.45, 2.75) is 25.5 Å². The first kappa shape index (κ1) is 15.3. The van der Waals surface area contributed by atoms with E-state index in [0.29, 0.717) is 5.56 Å². The van der Waals surface area contributed by atoms with Crippen LogP contribution in [-0.2, 0) is 9.84 Å². The minimum absolute atomic E-state index is 0.100. The Morgan fingerprint density at radius 2 is 2.11 bits per heavy atom. The van der Waals surface area contributed by atoms with Gasteiger partial charge in [-0.1, -0.05) is 11.3 Å². The highest BCUT2D eigenvalue weighted by Crippen LogP contribution is 2.28. The highest BCUT2D eigenvalue weighted by atomic mass is 32.2. The van der Waals surface area contributed by atoms with Crippen LogP contribution in [0.1, 0.15) is 26.3 Å². The molecule has 0 fully saturated rings. The van der Waals surface area contributed by atoms with E-state index in [-0.39, 0.29) is 5.00 Å². The second-order valence-corrected chi connectivity index (χ2v) is 8.27. The topological polar surface area (TPSA) is 101 Å². The molecular formula is C11H12N2O4S2. The van der Waals surface area contributed by atoms with Gasteiger partial charge in [0.2, 0.25) is 0 Å². The van der Waals surface area contributed by atoms with Crippen molar-refractivity contribution in [3.8, 4) is 6.07 Å². The van der Waals surface area contributed by atoms with E-state index < -0.39 is 24.4 Å². The molecule has 0 saturated carbocycles. The van der Waals surface area contributed by atoms with Crippen molar-refractivity contribution >= 4 is 32.3 Å². The van der Waals surface area contributed by atoms with Gasteiger partial charge in [0, 0.05) is 11.4 Å². The van der Waals surface area contributed by atoms with E-state index in [2.05, 4.69) is 0 Å². The van der Waals surface area contributed by atoms with E-state index in [1.165, 1.54) is 32.2 Å². The van der Waals surface area contributed by atoms with Crippen molar-refractivity contribution in [3.05, 3.63) is 32.0 Å². The Bertz CT molecular complexity index is 672. The largest absolute Gasteiger partial charge is 0.324 e. The van der Waals surface area contributed by atoms with Crippen molar-refractivity contribution in [3.63, 3.8) is 0 Å². The van der Waals surface area contributed by atoms with Crippen LogP contribution in [-0.4, -0.2) is 18.1 Å². The predicted molar refractivity (Wildman–Crippen MR) is 73.2 cm³/mol. The van der Waals surface area contributed by atoms with E-state index in [0.717, 1.165) is 17.4 Å². The number of nitrogens with zero attached hydrogens (tertiary/aromatic N) is 2. The van der Waals surface area contributed by atoms with Gasteiger partial charge in [0.05, 0.1) is 9.67 Å². The Hall–Kier alpha value is -1.72. The van der Waals surface area contributed by atoms with Crippen LogP contribution in [0.4, 0.5) is 5.00 Å². The lowest BCUT2D eigenvalue weighted by Gasteiger charge is -2.17. The molecule has 0 aromatic carbocycles.